The molecule has 0 heterocycles. The molecule has 0 fully saturated rings. The van der Waals surface area contributed by atoms with Gasteiger partial charge in [-0.25, -0.2) is 0 Å². The first-order valence-electron chi connectivity index (χ1n) is 11.4. The van der Waals surface area contributed by atoms with Crippen LogP contribution in [0, 0.1) is 0 Å². The van der Waals surface area contributed by atoms with Gasteiger partial charge in [0.05, 0.1) is 16.4 Å². The molecule has 0 saturated carbocycles. The first-order chi connectivity index (χ1) is 14.7. The fraction of sp³-hybridized carbons (Fsp3) is 0. The van der Waals surface area contributed by atoms with Crippen LogP contribution in [0.15, 0.2) is 81.5 Å². The van der Waals surface area contributed by atoms with Gasteiger partial charge in [0, 0.05) is 8.95 Å². The third kappa shape index (κ3) is 3.02. The van der Waals surface area contributed by atoms with E-state index in [9.17, 15) is 0 Å². The Labute approximate surface area is 152 Å². The van der Waals surface area contributed by atoms with Gasteiger partial charge < -0.3 is 0 Å². The van der Waals surface area contributed by atoms with E-state index in [1.807, 2.05) is 0 Å². The van der Waals surface area contributed by atoms with Crippen LogP contribution in [0.4, 0.5) is 0 Å². The molecule has 0 bridgehead atoms. The van der Waals surface area contributed by atoms with Crippen molar-refractivity contribution in [3.63, 3.8) is 0 Å². The summed E-state index contributed by atoms with van der Waals surface area (Å²) >= 11 is 5.93. The number of halogens is 2. The maximum Gasteiger partial charge on any atom is 0.0635 e. The standard InChI is InChI=1S/C18H12Br2/c19-17-9-5-15(6-10-17)13-1-2-14(4-3-13)16-7-11-18(20)12-8-16/h1-12H/i1D,2D,3D,4D,5D,6D,7D,8D,9D,10D,11D,12D. The molecule has 0 unspecified atom stereocenters. The largest absolute Gasteiger partial charge is 0.0635 e. The maximum absolute atomic E-state index is 8.42. The van der Waals surface area contributed by atoms with Crippen LogP contribution >= 0.6 is 31.9 Å². The third-order valence-electron chi connectivity index (χ3n) is 2.31. The van der Waals surface area contributed by atoms with E-state index in [4.69, 9.17) is 16.4 Å². The minimum Gasteiger partial charge on any atom is -0.0538 e. The number of hydrogen-bond donors (Lipinski definition) is 0. The molecule has 0 atom stereocenters. The third-order valence-corrected chi connectivity index (χ3v) is 3.11. The molecule has 0 nitrogen and oxygen atoms in total. The first kappa shape index (κ1) is 5.43. The Balaban J connectivity index is 2.50. The van der Waals surface area contributed by atoms with Crippen LogP contribution in [-0.2, 0) is 0 Å². The number of hydrogen-bond acceptors (Lipinski definition) is 0. The van der Waals surface area contributed by atoms with Crippen molar-refractivity contribution in [1.29, 1.82) is 0 Å². The molecule has 0 N–H and O–H groups in total. The summed E-state index contributed by atoms with van der Waals surface area (Å²) in [5, 5.41) is 0. The smallest absolute Gasteiger partial charge is 0.0538 e. The minimum atomic E-state index is -0.691. The molecule has 3 rings (SSSR count). The highest BCUT2D eigenvalue weighted by atomic mass is 79.9. The summed E-state index contributed by atoms with van der Waals surface area (Å²) in [6, 6.07) is -6.79. The lowest BCUT2D eigenvalue weighted by molar-refractivity contribution is 1.57. The van der Waals surface area contributed by atoms with Crippen molar-refractivity contribution in [3.05, 3.63) is 81.5 Å². The van der Waals surface area contributed by atoms with E-state index in [1.165, 1.54) is 0 Å². The van der Waals surface area contributed by atoms with E-state index in [2.05, 4.69) is 31.9 Å². The summed E-state index contributed by atoms with van der Waals surface area (Å²) in [5.74, 6) is 0. The molecule has 3 aromatic carbocycles. The van der Waals surface area contributed by atoms with Gasteiger partial charge in [-0.3, -0.25) is 0 Å². The average Bonchev–Trinajstić information content (AvgIpc) is 2.76. The molecule has 0 spiro atoms. The van der Waals surface area contributed by atoms with Crippen molar-refractivity contribution in [2.24, 2.45) is 0 Å². The molecule has 20 heavy (non-hydrogen) atoms. The topological polar surface area (TPSA) is 0 Å². The molecular weight excluding hydrogens is 376 g/mol. The van der Waals surface area contributed by atoms with Crippen molar-refractivity contribution in [3.8, 4) is 22.3 Å². The van der Waals surface area contributed by atoms with Gasteiger partial charge in [0.1, 0.15) is 0 Å². The fourth-order valence-electron chi connectivity index (χ4n) is 1.41. The van der Waals surface area contributed by atoms with E-state index >= 15 is 0 Å². The van der Waals surface area contributed by atoms with Crippen LogP contribution in [-0.4, -0.2) is 0 Å². The normalized spacial score (nSPS) is 18.9. The molecule has 2 heteroatoms. The van der Waals surface area contributed by atoms with E-state index < -0.39 is 94.8 Å². The van der Waals surface area contributed by atoms with Gasteiger partial charge in [-0.2, -0.15) is 0 Å². The van der Waals surface area contributed by atoms with E-state index in [1.54, 1.807) is 0 Å². The molecular formula is C18H12Br2. The molecule has 0 saturated heterocycles. The molecule has 0 amide bonds. The van der Waals surface area contributed by atoms with Crippen molar-refractivity contribution >= 4 is 31.9 Å². The first-order valence-corrected chi connectivity index (χ1v) is 6.96. The molecule has 0 radical (unpaired) electrons. The van der Waals surface area contributed by atoms with E-state index in [-0.39, 0.29) is 8.95 Å². The summed E-state index contributed by atoms with van der Waals surface area (Å²) in [6.07, 6.45) is 0. The van der Waals surface area contributed by atoms with Crippen molar-refractivity contribution in [2.45, 2.75) is 0 Å². The van der Waals surface area contributed by atoms with Gasteiger partial charge in [-0.1, -0.05) is 80.2 Å². The Morgan fingerprint density at radius 2 is 0.650 bits per heavy atom. The minimum absolute atomic E-state index is 0.110. The van der Waals surface area contributed by atoms with Crippen molar-refractivity contribution < 1.29 is 16.4 Å². The lowest BCUT2D eigenvalue weighted by atomic mass is 10.0. The quantitative estimate of drug-likeness (QED) is 0.458. The van der Waals surface area contributed by atoms with Crippen molar-refractivity contribution in [2.75, 3.05) is 0 Å². The Kier molecular flexibility index (Phi) is 1.61. The highest BCUT2D eigenvalue weighted by Crippen LogP contribution is 2.26. The highest BCUT2D eigenvalue weighted by molar-refractivity contribution is 9.10. The lowest BCUT2D eigenvalue weighted by Crippen LogP contribution is -1.80. The Morgan fingerprint density at radius 3 is 0.900 bits per heavy atom. The van der Waals surface area contributed by atoms with Crippen LogP contribution in [0.25, 0.3) is 22.3 Å². The molecule has 0 aromatic heterocycles. The van der Waals surface area contributed by atoms with E-state index in [0.717, 1.165) is 0 Å². The highest BCUT2D eigenvalue weighted by Gasteiger charge is 2.00. The molecule has 3 aromatic rings. The molecule has 0 aliphatic rings. The van der Waals surface area contributed by atoms with Gasteiger partial charge in [0.2, 0.25) is 0 Å². The summed E-state index contributed by atoms with van der Waals surface area (Å²) in [7, 11) is 0. The number of rotatable bonds is 2. The van der Waals surface area contributed by atoms with Crippen LogP contribution in [0.2, 0.25) is 0 Å². The van der Waals surface area contributed by atoms with Crippen LogP contribution in [0.3, 0.4) is 0 Å². The zero-order chi connectivity index (χ0) is 24.4. The van der Waals surface area contributed by atoms with E-state index in [0.29, 0.717) is 0 Å². The fourth-order valence-corrected chi connectivity index (χ4v) is 1.80. The van der Waals surface area contributed by atoms with Crippen LogP contribution in [0.1, 0.15) is 16.4 Å². The molecule has 0 aliphatic carbocycles. The SMILES string of the molecule is [2H]c1c([2H])c(-c2c([2H])c([2H])c(-c3c([2H])c([2H])c(Br)c([2H])c3[2H])c([2H])c2[2H])c([2H])c([2H])c1Br. The lowest BCUT2D eigenvalue weighted by Gasteiger charge is -2.05. The Hall–Kier alpha value is -1.38. The number of benzene rings is 3. The maximum atomic E-state index is 8.42. The van der Waals surface area contributed by atoms with Gasteiger partial charge in [0.25, 0.3) is 0 Å². The zero-order valence-electron chi connectivity index (χ0n) is 21.8. The second-order valence-corrected chi connectivity index (χ2v) is 5.21. The predicted molar refractivity (Wildman–Crippen MR) is 92.7 cm³/mol. The summed E-state index contributed by atoms with van der Waals surface area (Å²) in [4.78, 5) is 0. The van der Waals surface area contributed by atoms with Gasteiger partial charge in [0.15, 0.2) is 0 Å². The Bertz CT molecular complexity index is 1130. The monoisotopic (exact) mass is 398 g/mol. The second kappa shape index (κ2) is 5.94. The molecule has 0 aliphatic heterocycles. The summed E-state index contributed by atoms with van der Waals surface area (Å²) < 4.78 is 98.1. The van der Waals surface area contributed by atoms with Gasteiger partial charge in [-0.05, 0) is 46.4 Å². The average molecular weight is 400 g/mol. The predicted octanol–water partition coefficient (Wildman–Crippen LogP) is 6.55. The molecule has 98 valence electrons. The van der Waals surface area contributed by atoms with Crippen molar-refractivity contribution in [1.82, 2.24) is 0 Å². The van der Waals surface area contributed by atoms with Crippen LogP contribution in [0.5, 0.6) is 0 Å². The van der Waals surface area contributed by atoms with Crippen LogP contribution < -0.4 is 0 Å². The Morgan fingerprint density at radius 1 is 0.450 bits per heavy atom. The second-order valence-electron chi connectivity index (χ2n) is 3.63. The summed E-state index contributed by atoms with van der Waals surface area (Å²) in [5.41, 5.74) is -1.74. The van der Waals surface area contributed by atoms with Gasteiger partial charge >= 0.3 is 0 Å². The zero-order valence-corrected chi connectivity index (χ0v) is 12.9. The van der Waals surface area contributed by atoms with Gasteiger partial charge in [-0.15, -0.1) is 0 Å². The summed E-state index contributed by atoms with van der Waals surface area (Å²) in [6.45, 7) is 0.